The summed E-state index contributed by atoms with van der Waals surface area (Å²) in [5.41, 5.74) is 1.05. The summed E-state index contributed by atoms with van der Waals surface area (Å²) in [5, 5.41) is 0. The van der Waals surface area contributed by atoms with E-state index < -0.39 is 0 Å². The van der Waals surface area contributed by atoms with Gasteiger partial charge in [0.2, 0.25) is 0 Å². The summed E-state index contributed by atoms with van der Waals surface area (Å²) >= 11 is 0. The molecule has 0 radical (unpaired) electrons. The van der Waals surface area contributed by atoms with Gasteiger partial charge in [0.25, 0.3) is 0 Å². The summed E-state index contributed by atoms with van der Waals surface area (Å²) in [5.74, 6) is 0. The van der Waals surface area contributed by atoms with Crippen LogP contribution < -0.4 is 29.6 Å². The van der Waals surface area contributed by atoms with Crippen LogP contribution in [0.5, 0.6) is 0 Å². The molecule has 1 heterocycles. The van der Waals surface area contributed by atoms with E-state index in [0.29, 0.717) is 0 Å². The molecule has 0 fully saturated rings. The molecule has 0 spiro atoms. The van der Waals surface area contributed by atoms with Gasteiger partial charge in [-0.1, -0.05) is 18.2 Å². The van der Waals surface area contributed by atoms with Crippen LogP contribution in [0.3, 0.4) is 0 Å². The zero-order valence-electron chi connectivity index (χ0n) is 6.31. The van der Waals surface area contributed by atoms with Gasteiger partial charge in [-0.25, -0.2) is 4.99 Å². The first kappa shape index (κ1) is 11.2. The predicted molar refractivity (Wildman–Crippen MR) is 46.8 cm³/mol. The molecule has 1 aliphatic heterocycles. The molecule has 2 aliphatic rings. The first-order valence-electron chi connectivity index (χ1n) is 2.91. The average Bonchev–Trinajstić information content (AvgIpc) is 2.33. The minimum absolute atomic E-state index is 0. The monoisotopic (exact) mass is 174 g/mol. The first-order chi connectivity index (χ1) is 4.47. The number of thiol groups is 1. The van der Waals surface area contributed by atoms with Crippen molar-refractivity contribution in [2.24, 2.45) is 9.98 Å². The quantitative estimate of drug-likeness (QED) is 0.230. The Balaban J connectivity index is 0.000000500. The van der Waals surface area contributed by atoms with Crippen molar-refractivity contribution in [3.8, 4) is 0 Å². The Labute approximate surface area is 94.9 Å². The minimum atomic E-state index is 0. The number of aliphatic imine (C=N–C) groups is 2. The maximum Gasteiger partial charge on any atom is 1.00 e. The van der Waals surface area contributed by atoms with Gasteiger partial charge in [0.05, 0.1) is 5.71 Å². The first-order valence-corrected chi connectivity index (χ1v) is 2.91. The van der Waals surface area contributed by atoms with Crippen LogP contribution in [0.1, 0.15) is 0 Å². The molecule has 0 saturated carbocycles. The summed E-state index contributed by atoms with van der Waals surface area (Å²) in [6.07, 6.45) is 9.59. The second-order valence-corrected chi connectivity index (χ2v) is 2.01. The maximum absolute atomic E-state index is 4.09. The van der Waals surface area contributed by atoms with E-state index in [9.17, 15) is 0 Å². The third-order valence-electron chi connectivity index (χ3n) is 1.41. The Morgan fingerprint density at radius 2 is 2.09 bits per heavy atom. The third kappa shape index (κ3) is 2.30. The summed E-state index contributed by atoms with van der Waals surface area (Å²) in [6, 6.07) is 0.218. The van der Waals surface area contributed by atoms with Crippen molar-refractivity contribution in [1.29, 1.82) is 0 Å². The van der Waals surface area contributed by atoms with Crippen LogP contribution in [0.4, 0.5) is 0 Å². The Morgan fingerprint density at radius 3 is 2.82 bits per heavy atom. The van der Waals surface area contributed by atoms with Gasteiger partial charge in [-0.15, -0.1) is 0 Å². The van der Waals surface area contributed by atoms with E-state index in [1.807, 2.05) is 24.3 Å². The standard InChI is InChI=1S/C7H6N2.Na.H2S/c1-2-4-7-6(3-1)8-5-9-7;;/h1-6H;;1H2/q;+1;/p-1. The molecule has 1 unspecified atom stereocenters. The third-order valence-corrected chi connectivity index (χ3v) is 1.41. The van der Waals surface area contributed by atoms with Crippen LogP contribution in [-0.4, -0.2) is 18.1 Å². The molecule has 52 valence electrons. The smallest absolute Gasteiger partial charge is 0.813 e. The maximum atomic E-state index is 4.09. The zero-order chi connectivity index (χ0) is 6.10. The van der Waals surface area contributed by atoms with E-state index in [4.69, 9.17) is 0 Å². The van der Waals surface area contributed by atoms with E-state index in [1.54, 1.807) is 6.34 Å². The number of nitrogens with zero attached hydrogens (tertiary/aromatic N) is 2. The zero-order valence-corrected chi connectivity index (χ0v) is 9.20. The van der Waals surface area contributed by atoms with Gasteiger partial charge in [-0.2, -0.15) is 0 Å². The molecule has 0 N–H and O–H groups in total. The molecular formula is C7H7N2NaS. The number of allylic oxidation sites excluding steroid dienone is 2. The largest absolute Gasteiger partial charge is 1.00 e. The topological polar surface area (TPSA) is 24.7 Å². The Bertz CT molecular complexity index is 243. The van der Waals surface area contributed by atoms with Crippen LogP contribution >= 0.6 is 0 Å². The molecule has 2 nitrogen and oxygen atoms in total. The second kappa shape index (κ2) is 4.93. The molecule has 0 bridgehead atoms. The van der Waals surface area contributed by atoms with Gasteiger partial charge in [0.15, 0.2) is 0 Å². The fraction of sp³-hybridized carbons (Fsp3) is 0.143. The van der Waals surface area contributed by atoms with E-state index in [0.717, 1.165) is 5.71 Å². The summed E-state index contributed by atoms with van der Waals surface area (Å²) in [6.45, 7) is 0. The molecule has 4 heteroatoms. The molecule has 0 saturated heterocycles. The predicted octanol–water partition coefficient (Wildman–Crippen LogP) is -2.30. The minimum Gasteiger partial charge on any atom is -0.813 e. The van der Waals surface area contributed by atoms with Crippen molar-refractivity contribution >= 4 is 25.5 Å². The van der Waals surface area contributed by atoms with E-state index in [2.05, 4.69) is 9.98 Å². The van der Waals surface area contributed by atoms with Crippen LogP contribution in [0.15, 0.2) is 34.3 Å². The Hall–Kier alpha value is 0.170. The van der Waals surface area contributed by atoms with Gasteiger partial charge in [0.1, 0.15) is 12.4 Å². The number of rotatable bonds is 0. The van der Waals surface area contributed by atoms with Crippen molar-refractivity contribution in [2.75, 3.05) is 0 Å². The molecule has 11 heavy (non-hydrogen) atoms. The average molecular weight is 174 g/mol. The molecular weight excluding hydrogens is 167 g/mol. The van der Waals surface area contributed by atoms with Crippen molar-refractivity contribution in [3.63, 3.8) is 0 Å². The number of hydrogen-bond donors (Lipinski definition) is 0. The van der Waals surface area contributed by atoms with Crippen molar-refractivity contribution in [1.82, 2.24) is 0 Å². The Kier molecular flexibility index (Phi) is 5.01. The van der Waals surface area contributed by atoms with Crippen LogP contribution in [0.25, 0.3) is 0 Å². The van der Waals surface area contributed by atoms with E-state index >= 15 is 0 Å². The van der Waals surface area contributed by atoms with Gasteiger partial charge in [0, 0.05) is 0 Å². The van der Waals surface area contributed by atoms with Gasteiger partial charge in [-0.3, -0.25) is 4.99 Å². The van der Waals surface area contributed by atoms with Crippen molar-refractivity contribution in [2.45, 2.75) is 6.04 Å². The fourth-order valence-electron chi connectivity index (χ4n) is 0.938. The van der Waals surface area contributed by atoms with E-state index in [1.165, 1.54) is 0 Å². The molecule has 0 aromatic carbocycles. The van der Waals surface area contributed by atoms with Gasteiger partial charge in [-0.05, 0) is 6.08 Å². The molecule has 0 amide bonds. The molecule has 1 atom stereocenters. The summed E-state index contributed by atoms with van der Waals surface area (Å²) in [4.78, 5) is 8.14. The second-order valence-electron chi connectivity index (χ2n) is 2.01. The van der Waals surface area contributed by atoms with Crippen LogP contribution in [0, 0.1) is 0 Å². The van der Waals surface area contributed by atoms with Crippen LogP contribution in [-0.2, 0) is 13.5 Å². The summed E-state index contributed by atoms with van der Waals surface area (Å²) < 4.78 is 0. The number of hydrogen-bond acceptors (Lipinski definition) is 3. The van der Waals surface area contributed by atoms with Crippen molar-refractivity contribution in [3.05, 3.63) is 24.3 Å². The van der Waals surface area contributed by atoms with E-state index in [-0.39, 0.29) is 49.1 Å². The summed E-state index contributed by atoms with van der Waals surface area (Å²) in [7, 11) is 0. The normalized spacial score (nSPS) is 23.3. The molecule has 0 aromatic rings. The van der Waals surface area contributed by atoms with Crippen molar-refractivity contribution < 1.29 is 29.6 Å². The Morgan fingerprint density at radius 1 is 1.27 bits per heavy atom. The van der Waals surface area contributed by atoms with Gasteiger partial charge >= 0.3 is 29.6 Å². The van der Waals surface area contributed by atoms with Crippen LogP contribution in [0.2, 0.25) is 0 Å². The molecule has 1 aliphatic carbocycles. The molecule has 2 rings (SSSR count). The SMILES string of the molecule is C1=CC2=NC=NC2C=C1.[Na+].[SH-]. The fourth-order valence-corrected chi connectivity index (χ4v) is 0.938. The number of fused-ring (bicyclic) bond motifs is 1. The molecule has 0 aromatic heterocycles. The van der Waals surface area contributed by atoms with Gasteiger partial charge < -0.3 is 13.5 Å².